The van der Waals surface area contributed by atoms with Crippen LogP contribution in [-0.4, -0.2) is 24.5 Å². The van der Waals surface area contributed by atoms with E-state index in [1.54, 1.807) is 35.9 Å². The first kappa shape index (κ1) is 18.0. The highest BCUT2D eigenvalue weighted by molar-refractivity contribution is 7.91. The number of nitrogens with zero attached hydrogens (tertiary/aromatic N) is 2. The van der Waals surface area contributed by atoms with Crippen LogP contribution in [0.25, 0.3) is 0 Å². The molecule has 2 rings (SSSR count). The van der Waals surface area contributed by atoms with Crippen molar-refractivity contribution >= 4 is 15.6 Å². The van der Waals surface area contributed by atoms with Crippen LogP contribution in [0.2, 0.25) is 0 Å². The Morgan fingerprint density at radius 1 is 1.29 bits per heavy atom. The first-order chi connectivity index (χ1) is 11.2. The number of carbonyl (C=O) groups excluding carboxylic acids is 1. The molecule has 0 spiro atoms. The number of benzene rings is 1. The van der Waals surface area contributed by atoms with Gasteiger partial charge >= 0.3 is 0 Å². The molecule has 5 nitrogen and oxygen atoms in total. The molecule has 0 aliphatic rings. The third-order valence-corrected chi connectivity index (χ3v) is 5.65. The molecule has 0 N–H and O–H groups in total. The molecular formula is C18H20N2O3S. The molecule has 0 bridgehead atoms. The van der Waals surface area contributed by atoms with Gasteiger partial charge in [0.1, 0.15) is 0 Å². The fourth-order valence-corrected chi connectivity index (χ4v) is 4.22. The molecule has 6 heteroatoms. The first-order valence-corrected chi connectivity index (χ1v) is 9.29. The molecule has 0 fully saturated rings. The zero-order chi connectivity index (χ0) is 17.9. The van der Waals surface area contributed by atoms with E-state index in [2.05, 4.69) is 0 Å². The molecule has 1 aromatic carbocycles. The average Bonchev–Trinajstić information content (AvgIpc) is 2.89. The number of carbonyl (C=O) groups is 1. The number of hydrogen-bond acceptors (Lipinski definition) is 4. The molecule has 2 aromatic rings. The molecule has 0 aliphatic carbocycles. The monoisotopic (exact) mass is 344 g/mol. The van der Waals surface area contributed by atoms with Crippen molar-refractivity contribution in [3.8, 4) is 6.07 Å². The number of sulfone groups is 1. The molecule has 1 aromatic heterocycles. The van der Waals surface area contributed by atoms with E-state index in [0.29, 0.717) is 11.3 Å². The van der Waals surface area contributed by atoms with Crippen molar-refractivity contribution in [2.45, 2.75) is 25.2 Å². The van der Waals surface area contributed by atoms with E-state index in [0.717, 1.165) is 5.56 Å². The summed E-state index contributed by atoms with van der Waals surface area (Å²) in [5.74, 6) is -0.115. The van der Waals surface area contributed by atoms with Crippen molar-refractivity contribution in [3.05, 3.63) is 53.3 Å². The van der Waals surface area contributed by atoms with Crippen molar-refractivity contribution in [1.29, 1.82) is 5.26 Å². The van der Waals surface area contributed by atoms with Crippen LogP contribution >= 0.6 is 0 Å². The van der Waals surface area contributed by atoms with Gasteiger partial charge in [-0.25, -0.2) is 8.42 Å². The fourth-order valence-electron chi connectivity index (χ4n) is 2.54. The zero-order valence-corrected chi connectivity index (χ0v) is 14.8. The van der Waals surface area contributed by atoms with E-state index in [4.69, 9.17) is 5.26 Å². The van der Waals surface area contributed by atoms with Gasteiger partial charge in [0.15, 0.2) is 15.6 Å². The Kier molecular flexibility index (Phi) is 5.25. The number of ketones is 1. The lowest BCUT2D eigenvalue weighted by Gasteiger charge is -2.04. The largest absolute Gasteiger partial charge is 0.347 e. The summed E-state index contributed by atoms with van der Waals surface area (Å²) in [6.07, 6.45) is 1.60. The van der Waals surface area contributed by atoms with Gasteiger partial charge in [0.25, 0.3) is 0 Å². The molecule has 0 atom stereocenters. The molecule has 1 heterocycles. The smallest absolute Gasteiger partial charge is 0.183 e. The standard InChI is InChI=1S/C18H20N2O3S/c1-13(2)12-24(22,23)16-9-17(20(3)11-16)18(21)8-14-5-4-6-15(7-14)10-19/h4-7,9,11,13H,8,12H2,1-3H3. The van der Waals surface area contributed by atoms with E-state index < -0.39 is 9.84 Å². The molecule has 126 valence electrons. The number of aromatic nitrogens is 1. The van der Waals surface area contributed by atoms with Crippen LogP contribution in [0, 0.1) is 17.2 Å². The Balaban J connectivity index is 2.26. The average molecular weight is 344 g/mol. The summed E-state index contributed by atoms with van der Waals surface area (Å²) in [6.45, 7) is 3.68. The lowest BCUT2D eigenvalue weighted by atomic mass is 10.0. The summed E-state index contributed by atoms with van der Waals surface area (Å²) in [7, 11) is -1.73. The number of hydrogen-bond donors (Lipinski definition) is 0. The van der Waals surface area contributed by atoms with Gasteiger partial charge in [0, 0.05) is 19.7 Å². The Morgan fingerprint density at radius 2 is 2.00 bits per heavy atom. The van der Waals surface area contributed by atoms with E-state index >= 15 is 0 Å². The second kappa shape index (κ2) is 7.02. The van der Waals surface area contributed by atoms with E-state index in [1.807, 2.05) is 19.9 Å². The van der Waals surface area contributed by atoms with Gasteiger partial charge < -0.3 is 4.57 Å². The van der Waals surface area contributed by atoms with Gasteiger partial charge in [-0.2, -0.15) is 5.26 Å². The molecule has 0 radical (unpaired) electrons. The summed E-state index contributed by atoms with van der Waals surface area (Å²) in [5.41, 5.74) is 1.57. The maximum atomic E-state index is 12.5. The van der Waals surface area contributed by atoms with Crippen LogP contribution in [0.1, 0.15) is 35.5 Å². The second-order valence-corrected chi connectivity index (χ2v) is 8.29. The minimum atomic E-state index is -3.39. The van der Waals surface area contributed by atoms with Crippen molar-refractivity contribution < 1.29 is 13.2 Å². The SMILES string of the molecule is CC(C)CS(=O)(=O)c1cc(C(=O)Cc2cccc(C#N)c2)n(C)c1. The minimum Gasteiger partial charge on any atom is -0.347 e. The molecule has 0 unspecified atom stereocenters. The summed E-state index contributed by atoms with van der Waals surface area (Å²) in [4.78, 5) is 12.7. The number of nitriles is 1. The number of aryl methyl sites for hydroxylation is 1. The van der Waals surface area contributed by atoms with Crippen LogP contribution < -0.4 is 0 Å². The molecule has 0 saturated heterocycles. The van der Waals surface area contributed by atoms with Crippen LogP contribution in [0.4, 0.5) is 0 Å². The van der Waals surface area contributed by atoms with Gasteiger partial charge in [-0.3, -0.25) is 4.79 Å². The fraction of sp³-hybridized carbons (Fsp3) is 0.333. The molecule has 0 amide bonds. The topological polar surface area (TPSA) is 79.9 Å². The van der Waals surface area contributed by atoms with E-state index in [-0.39, 0.29) is 28.8 Å². The predicted molar refractivity (Wildman–Crippen MR) is 91.5 cm³/mol. The maximum Gasteiger partial charge on any atom is 0.183 e. The molecule has 0 aliphatic heterocycles. The quantitative estimate of drug-likeness (QED) is 0.755. The second-order valence-electron chi connectivity index (χ2n) is 6.26. The van der Waals surface area contributed by atoms with Crippen LogP contribution in [0.15, 0.2) is 41.4 Å². The summed E-state index contributed by atoms with van der Waals surface area (Å²) in [5, 5.41) is 8.92. The maximum absolute atomic E-state index is 12.5. The number of Topliss-reactive ketones (excluding diaryl/α,β-unsaturated/α-hetero) is 1. The van der Waals surface area contributed by atoms with Gasteiger partial charge in [0.2, 0.25) is 0 Å². The highest BCUT2D eigenvalue weighted by Crippen LogP contribution is 2.19. The zero-order valence-electron chi connectivity index (χ0n) is 14.0. The van der Waals surface area contributed by atoms with E-state index in [9.17, 15) is 13.2 Å². The van der Waals surface area contributed by atoms with Crippen molar-refractivity contribution in [3.63, 3.8) is 0 Å². The lowest BCUT2D eigenvalue weighted by Crippen LogP contribution is -2.11. The van der Waals surface area contributed by atoms with Crippen molar-refractivity contribution in [1.82, 2.24) is 4.57 Å². The highest BCUT2D eigenvalue weighted by Gasteiger charge is 2.21. The Morgan fingerprint density at radius 3 is 2.62 bits per heavy atom. The molecular weight excluding hydrogens is 324 g/mol. The van der Waals surface area contributed by atoms with Crippen LogP contribution in [0.5, 0.6) is 0 Å². The Hall–Kier alpha value is -2.39. The van der Waals surface area contributed by atoms with Crippen molar-refractivity contribution in [2.75, 3.05) is 5.75 Å². The van der Waals surface area contributed by atoms with E-state index in [1.165, 1.54) is 12.3 Å². The lowest BCUT2D eigenvalue weighted by molar-refractivity contribution is 0.0985. The minimum absolute atomic E-state index is 0.0167. The molecule has 0 saturated carbocycles. The van der Waals surface area contributed by atoms with Gasteiger partial charge in [0.05, 0.1) is 28.0 Å². The third-order valence-electron chi connectivity index (χ3n) is 3.60. The Labute approximate surface area is 142 Å². The van der Waals surface area contributed by atoms with Gasteiger partial charge in [-0.1, -0.05) is 26.0 Å². The normalized spacial score (nSPS) is 11.5. The summed E-state index contributed by atoms with van der Waals surface area (Å²) >= 11 is 0. The first-order valence-electron chi connectivity index (χ1n) is 7.64. The van der Waals surface area contributed by atoms with Gasteiger partial charge in [-0.15, -0.1) is 0 Å². The Bertz CT molecular complexity index is 903. The van der Waals surface area contributed by atoms with Crippen LogP contribution in [-0.2, 0) is 23.3 Å². The van der Waals surface area contributed by atoms with Gasteiger partial charge in [-0.05, 0) is 29.7 Å². The third kappa shape index (κ3) is 4.12. The summed E-state index contributed by atoms with van der Waals surface area (Å²) < 4.78 is 26.2. The van der Waals surface area contributed by atoms with Crippen molar-refractivity contribution in [2.24, 2.45) is 13.0 Å². The van der Waals surface area contributed by atoms with Crippen LogP contribution in [0.3, 0.4) is 0 Å². The number of rotatable bonds is 6. The highest BCUT2D eigenvalue weighted by atomic mass is 32.2. The summed E-state index contributed by atoms with van der Waals surface area (Å²) in [6, 6.07) is 10.3. The predicted octanol–water partition coefficient (Wildman–Crippen LogP) is 2.75. The molecule has 24 heavy (non-hydrogen) atoms.